The molecule has 1 amide bonds. The molecule has 2 N–H and O–H groups in total. The van der Waals surface area contributed by atoms with Gasteiger partial charge in [-0.3, -0.25) is 4.79 Å². The Kier molecular flexibility index (Phi) is 5.42. The van der Waals surface area contributed by atoms with Gasteiger partial charge in [0.1, 0.15) is 6.04 Å². The van der Waals surface area contributed by atoms with Crippen LogP contribution in [0.15, 0.2) is 0 Å². The van der Waals surface area contributed by atoms with Gasteiger partial charge in [-0.2, -0.15) is 0 Å². The number of ether oxygens (including phenoxy) is 1. The van der Waals surface area contributed by atoms with Crippen LogP contribution in [0.3, 0.4) is 0 Å². The molecule has 3 unspecified atom stereocenters. The number of carbonyl (C=O) groups excluding carboxylic acids is 1. The van der Waals surface area contributed by atoms with E-state index < -0.39 is 12.0 Å². The number of hydrogen-bond donors (Lipinski definition) is 2. The van der Waals surface area contributed by atoms with Crippen LogP contribution in [-0.4, -0.2) is 92.5 Å². The Labute approximate surface area is 143 Å². The standard InChI is InChI=1S/C12H17NO5S.Na.H/c14-4-3-6-10(15)13-8(12(16)17)9(19-11(6)13)7-2-1-5-18-7;;/h6-9,11,14H,1-5H2,(H,16,17);;/t6-,7+,8?,9?,11?;;/m0../s1. The summed E-state index contributed by atoms with van der Waals surface area (Å²) >= 11 is 1.53. The predicted molar refractivity (Wildman–Crippen MR) is 74.8 cm³/mol. The number of fused-ring (bicyclic) bond motifs is 1. The molecule has 0 aromatic carbocycles. The summed E-state index contributed by atoms with van der Waals surface area (Å²) in [6, 6.07) is -0.777. The van der Waals surface area contributed by atoms with Crippen LogP contribution in [0.1, 0.15) is 19.3 Å². The van der Waals surface area contributed by atoms with E-state index in [-0.39, 0.29) is 64.7 Å². The molecule has 3 fully saturated rings. The van der Waals surface area contributed by atoms with Crippen molar-refractivity contribution in [2.75, 3.05) is 13.2 Å². The molecule has 6 nitrogen and oxygen atoms in total. The van der Waals surface area contributed by atoms with Gasteiger partial charge in [-0.25, -0.2) is 4.79 Å². The van der Waals surface area contributed by atoms with Gasteiger partial charge in [0.15, 0.2) is 0 Å². The fourth-order valence-electron chi connectivity index (χ4n) is 3.22. The fourth-order valence-corrected chi connectivity index (χ4v) is 5.13. The molecule has 0 aliphatic carbocycles. The maximum absolute atomic E-state index is 12.0. The van der Waals surface area contributed by atoms with E-state index >= 15 is 0 Å². The van der Waals surface area contributed by atoms with E-state index in [4.69, 9.17) is 9.84 Å². The first kappa shape index (κ1) is 16.6. The number of carboxylic acids is 1. The van der Waals surface area contributed by atoms with Crippen molar-refractivity contribution in [2.45, 2.75) is 42.0 Å². The molecule has 5 atom stereocenters. The Bertz CT molecular complexity index is 403. The number of nitrogens with zero attached hydrogens (tertiary/aromatic N) is 1. The summed E-state index contributed by atoms with van der Waals surface area (Å²) in [6.07, 6.45) is 2.16. The van der Waals surface area contributed by atoms with Crippen LogP contribution < -0.4 is 0 Å². The monoisotopic (exact) mass is 311 g/mol. The molecule has 3 aliphatic heterocycles. The van der Waals surface area contributed by atoms with Gasteiger partial charge in [0.2, 0.25) is 5.91 Å². The van der Waals surface area contributed by atoms with Crippen LogP contribution in [0.4, 0.5) is 0 Å². The molecule has 0 radical (unpaired) electrons. The number of amides is 1. The maximum atomic E-state index is 12.0. The predicted octanol–water partition coefficient (Wildman–Crippen LogP) is -0.748. The number of rotatable bonds is 4. The Morgan fingerprint density at radius 2 is 2.25 bits per heavy atom. The van der Waals surface area contributed by atoms with Crippen molar-refractivity contribution in [1.29, 1.82) is 0 Å². The van der Waals surface area contributed by atoms with Crippen LogP contribution in [0.2, 0.25) is 0 Å². The molecule has 0 spiro atoms. The minimum atomic E-state index is -0.953. The van der Waals surface area contributed by atoms with Crippen LogP contribution in [-0.2, 0) is 14.3 Å². The van der Waals surface area contributed by atoms with Gasteiger partial charge in [0.25, 0.3) is 0 Å². The van der Waals surface area contributed by atoms with Crippen molar-refractivity contribution in [3.8, 4) is 0 Å². The molecular weight excluding hydrogens is 293 g/mol. The van der Waals surface area contributed by atoms with Crippen molar-refractivity contribution in [3.05, 3.63) is 0 Å². The topological polar surface area (TPSA) is 87.1 Å². The summed E-state index contributed by atoms with van der Waals surface area (Å²) in [7, 11) is 0. The molecule has 3 heterocycles. The van der Waals surface area contributed by atoms with E-state index in [9.17, 15) is 14.7 Å². The van der Waals surface area contributed by atoms with E-state index in [1.807, 2.05) is 0 Å². The Hall–Kier alpha value is 0.210. The zero-order valence-electron chi connectivity index (χ0n) is 10.4. The van der Waals surface area contributed by atoms with Crippen LogP contribution in [0.25, 0.3) is 0 Å². The van der Waals surface area contributed by atoms with Gasteiger partial charge in [0.05, 0.1) is 22.6 Å². The molecule has 8 heteroatoms. The summed E-state index contributed by atoms with van der Waals surface area (Å²) in [5.74, 6) is -1.33. The first-order chi connectivity index (χ1) is 9.15. The summed E-state index contributed by atoms with van der Waals surface area (Å²) in [5.41, 5.74) is 0. The molecule has 3 saturated heterocycles. The fraction of sp³-hybridized carbons (Fsp3) is 0.833. The summed E-state index contributed by atoms with van der Waals surface area (Å²) < 4.78 is 5.60. The summed E-state index contributed by atoms with van der Waals surface area (Å²) in [5, 5.41) is 18.1. The second kappa shape index (κ2) is 6.54. The molecule has 0 bridgehead atoms. The second-order valence-electron chi connectivity index (χ2n) is 5.19. The van der Waals surface area contributed by atoms with Crippen LogP contribution >= 0.6 is 11.8 Å². The van der Waals surface area contributed by atoms with Gasteiger partial charge in [0, 0.05) is 13.2 Å². The molecule has 0 aromatic heterocycles. The van der Waals surface area contributed by atoms with E-state index in [0.717, 1.165) is 12.8 Å². The van der Waals surface area contributed by atoms with Crippen molar-refractivity contribution < 1.29 is 24.5 Å². The molecule has 3 rings (SSSR count). The van der Waals surface area contributed by atoms with E-state index in [2.05, 4.69) is 0 Å². The van der Waals surface area contributed by atoms with Crippen molar-refractivity contribution in [3.63, 3.8) is 0 Å². The number of carbonyl (C=O) groups is 2. The number of thioether (sulfide) groups is 1. The van der Waals surface area contributed by atoms with Gasteiger partial charge in [-0.15, -0.1) is 11.8 Å². The average molecular weight is 311 g/mol. The Morgan fingerprint density at radius 1 is 1.50 bits per heavy atom. The van der Waals surface area contributed by atoms with Crippen molar-refractivity contribution >= 4 is 53.2 Å². The second-order valence-corrected chi connectivity index (χ2v) is 6.49. The quantitative estimate of drug-likeness (QED) is 0.525. The zero-order chi connectivity index (χ0) is 13.6. The van der Waals surface area contributed by atoms with Crippen LogP contribution in [0, 0.1) is 5.92 Å². The number of β-lactam (4-membered cyclic amide) rings is 1. The molecule has 108 valence electrons. The zero-order valence-corrected chi connectivity index (χ0v) is 11.2. The summed E-state index contributed by atoms with van der Waals surface area (Å²) in [6.45, 7) is 0.635. The van der Waals surface area contributed by atoms with Gasteiger partial charge >= 0.3 is 35.5 Å². The molecule has 3 aliphatic rings. The Morgan fingerprint density at radius 3 is 2.80 bits per heavy atom. The number of hydrogen-bond acceptors (Lipinski definition) is 5. The van der Waals surface area contributed by atoms with E-state index in [1.165, 1.54) is 16.7 Å². The van der Waals surface area contributed by atoms with E-state index in [0.29, 0.717) is 13.0 Å². The van der Waals surface area contributed by atoms with Gasteiger partial charge in [-0.1, -0.05) is 0 Å². The average Bonchev–Trinajstić information content (AvgIpc) is 3.00. The van der Waals surface area contributed by atoms with Gasteiger partial charge in [-0.05, 0) is 19.3 Å². The number of aliphatic hydroxyl groups is 1. The summed E-state index contributed by atoms with van der Waals surface area (Å²) in [4.78, 5) is 24.9. The van der Waals surface area contributed by atoms with Crippen molar-refractivity contribution in [1.82, 2.24) is 4.90 Å². The van der Waals surface area contributed by atoms with E-state index in [1.54, 1.807) is 0 Å². The molecular formula is C12H18NNaO5S. The van der Waals surface area contributed by atoms with Crippen molar-refractivity contribution in [2.24, 2.45) is 5.92 Å². The first-order valence-corrected chi connectivity index (χ1v) is 7.52. The number of carboxylic acid groups (broad SMARTS) is 1. The third-order valence-corrected chi connectivity index (χ3v) is 5.83. The SMILES string of the molecule is O=C(O)C1C([C@H]2CCCO2)SC2[C@@H](CCO)C(=O)N12.[NaH]. The van der Waals surface area contributed by atoms with Gasteiger partial charge < -0.3 is 19.8 Å². The first-order valence-electron chi connectivity index (χ1n) is 6.58. The Balaban J connectivity index is 0.00000147. The third-order valence-electron chi connectivity index (χ3n) is 4.12. The third kappa shape index (κ3) is 2.53. The molecule has 0 saturated carbocycles. The molecule has 0 aromatic rings. The normalized spacial score (nSPS) is 39.1. The number of aliphatic hydroxyl groups excluding tert-OH is 1. The molecule has 20 heavy (non-hydrogen) atoms. The van der Waals surface area contributed by atoms with Crippen LogP contribution in [0.5, 0.6) is 0 Å². The number of aliphatic carboxylic acids is 1. The minimum absolute atomic E-state index is 0.